The van der Waals surface area contributed by atoms with Gasteiger partial charge in [-0.15, -0.1) is 12.4 Å². The lowest BCUT2D eigenvalue weighted by molar-refractivity contribution is 0.165. The normalized spacial score (nSPS) is 11.7. The zero-order valence-corrected chi connectivity index (χ0v) is 9.67. The first-order chi connectivity index (χ1) is 6.77. The number of hydrogen-bond donors (Lipinski definition) is 2. The van der Waals surface area contributed by atoms with Crippen LogP contribution < -0.4 is 10.5 Å². The van der Waals surface area contributed by atoms with Crippen molar-refractivity contribution in [2.24, 2.45) is 5.73 Å². The standard InChI is InChI=1S/C11H17NO2.ClH/c1-14-10-6-4-9(5-7-10)11(13)3-2-8-12;/h4-7,11,13H,2-3,8,12H2,1H3;1H. The first kappa shape index (κ1) is 14.2. The first-order valence-corrected chi connectivity index (χ1v) is 4.80. The number of benzene rings is 1. The summed E-state index contributed by atoms with van der Waals surface area (Å²) in [5.41, 5.74) is 6.29. The molecule has 1 atom stereocenters. The minimum atomic E-state index is -0.413. The van der Waals surface area contributed by atoms with Crippen LogP contribution in [0.25, 0.3) is 0 Å². The Bertz CT molecular complexity index is 264. The molecule has 0 amide bonds. The molecule has 1 rings (SSSR count). The molecule has 0 aromatic heterocycles. The van der Waals surface area contributed by atoms with Gasteiger partial charge < -0.3 is 15.6 Å². The smallest absolute Gasteiger partial charge is 0.118 e. The van der Waals surface area contributed by atoms with Gasteiger partial charge >= 0.3 is 0 Å². The maximum Gasteiger partial charge on any atom is 0.118 e. The van der Waals surface area contributed by atoms with E-state index in [1.807, 2.05) is 24.3 Å². The minimum absolute atomic E-state index is 0. The fourth-order valence-electron chi connectivity index (χ4n) is 1.30. The molecule has 1 unspecified atom stereocenters. The van der Waals surface area contributed by atoms with Crippen LogP contribution in [0, 0.1) is 0 Å². The van der Waals surface area contributed by atoms with Crippen molar-refractivity contribution in [1.82, 2.24) is 0 Å². The van der Waals surface area contributed by atoms with Crippen LogP contribution in [0.1, 0.15) is 24.5 Å². The van der Waals surface area contributed by atoms with Gasteiger partial charge in [-0.2, -0.15) is 0 Å². The van der Waals surface area contributed by atoms with Gasteiger partial charge in [0.15, 0.2) is 0 Å². The minimum Gasteiger partial charge on any atom is -0.497 e. The highest BCUT2D eigenvalue weighted by Crippen LogP contribution is 2.20. The van der Waals surface area contributed by atoms with E-state index >= 15 is 0 Å². The Morgan fingerprint density at radius 2 is 1.93 bits per heavy atom. The van der Waals surface area contributed by atoms with Gasteiger partial charge in [-0.1, -0.05) is 12.1 Å². The van der Waals surface area contributed by atoms with Crippen molar-refractivity contribution in [2.45, 2.75) is 18.9 Å². The maximum absolute atomic E-state index is 9.72. The van der Waals surface area contributed by atoms with Crippen LogP contribution in [-0.4, -0.2) is 18.8 Å². The maximum atomic E-state index is 9.72. The second-order valence-electron chi connectivity index (χ2n) is 3.22. The first-order valence-electron chi connectivity index (χ1n) is 4.80. The fourth-order valence-corrected chi connectivity index (χ4v) is 1.30. The fraction of sp³-hybridized carbons (Fsp3) is 0.455. The van der Waals surface area contributed by atoms with Gasteiger partial charge in [-0.25, -0.2) is 0 Å². The van der Waals surface area contributed by atoms with Gasteiger partial charge in [0.2, 0.25) is 0 Å². The molecule has 3 N–H and O–H groups in total. The number of methoxy groups -OCH3 is 1. The van der Waals surface area contributed by atoms with Crippen LogP contribution >= 0.6 is 12.4 Å². The van der Waals surface area contributed by atoms with Gasteiger partial charge in [-0.05, 0) is 37.1 Å². The molecule has 3 nitrogen and oxygen atoms in total. The summed E-state index contributed by atoms with van der Waals surface area (Å²) in [5, 5.41) is 9.72. The van der Waals surface area contributed by atoms with Crippen LogP contribution in [0.4, 0.5) is 0 Å². The third-order valence-electron chi connectivity index (χ3n) is 2.18. The van der Waals surface area contributed by atoms with Crippen molar-refractivity contribution in [3.8, 4) is 5.75 Å². The Balaban J connectivity index is 0.00000196. The second kappa shape index (κ2) is 7.51. The number of aliphatic hydroxyl groups is 1. The molecular weight excluding hydrogens is 214 g/mol. The summed E-state index contributed by atoms with van der Waals surface area (Å²) in [5.74, 6) is 0.805. The van der Waals surface area contributed by atoms with Crippen molar-refractivity contribution in [1.29, 1.82) is 0 Å². The molecular formula is C11H18ClNO2. The van der Waals surface area contributed by atoms with E-state index in [0.29, 0.717) is 13.0 Å². The molecule has 1 aromatic rings. The van der Waals surface area contributed by atoms with E-state index in [-0.39, 0.29) is 12.4 Å². The average Bonchev–Trinajstić information content (AvgIpc) is 2.26. The van der Waals surface area contributed by atoms with Gasteiger partial charge in [0.05, 0.1) is 13.2 Å². The van der Waals surface area contributed by atoms with E-state index in [4.69, 9.17) is 10.5 Å². The lowest BCUT2D eigenvalue weighted by Gasteiger charge is -2.10. The summed E-state index contributed by atoms with van der Waals surface area (Å²) >= 11 is 0. The second-order valence-corrected chi connectivity index (χ2v) is 3.22. The van der Waals surface area contributed by atoms with Crippen LogP contribution in [0.3, 0.4) is 0 Å². The summed E-state index contributed by atoms with van der Waals surface area (Å²) < 4.78 is 5.03. The third-order valence-corrected chi connectivity index (χ3v) is 2.18. The van der Waals surface area contributed by atoms with Gasteiger partial charge in [0.1, 0.15) is 5.75 Å². The number of rotatable bonds is 5. The topological polar surface area (TPSA) is 55.5 Å². The Labute approximate surface area is 96.7 Å². The zero-order valence-electron chi connectivity index (χ0n) is 8.85. The van der Waals surface area contributed by atoms with E-state index in [2.05, 4.69) is 0 Å². The number of nitrogens with two attached hydrogens (primary N) is 1. The molecule has 0 saturated heterocycles. The third kappa shape index (κ3) is 4.51. The molecule has 0 aliphatic carbocycles. The highest BCUT2D eigenvalue weighted by molar-refractivity contribution is 5.85. The van der Waals surface area contributed by atoms with E-state index in [1.54, 1.807) is 7.11 Å². The van der Waals surface area contributed by atoms with Crippen molar-refractivity contribution in [2.75, 3.05) is 13.7 Å². The van der Waals surface area contributed by atoms with Gasteiger partial charge in [-0.3, -0.25) is 0 Å². The summed E-state index contributed by atoms with van der Waals surface area (Å²) in [6.45, 7) is 0.618. The number of ether oxygens (including phenoxy) is 1. The van der Waals surface area contributed by atoms with Crippen LogP contribution in [0.5, 0.6) is 5.75 Å². The average molecular weight is 232 g/mol. The van der Waals surface area contributed by atoms with E-state index in [1.165, 1.54) is 0 Å². The highest BCUT2D eigenvalue weighted by atomic mass is 35.5. The molecule has 15 heavy (non-hydrogen) atoms. The monoisotopic (exact) mass is 231 g/mol. The molecule has 0 saturated carbocycles. The molecule has 0 aliphatic heterocycles. The number of halogens is 1. The molecule has 0 radical (unpaired) electrons. The molecule has 1 aromatic carbocycles. The highest BCUT2D eigenvalue weighted by Gasteiger charge is 2.06. The molecule has 4 heteroatoms. The van der Waals surface area contributed by atoms with Gasteiger partial charge in [0, 0.05) is 0 Å². The van der Waals surface area contributed by atoms with E-state index < -0.39 is 6.10 Å². The summed E-state index contributed by atoms with van der Waals surface area (Å²) in [4.78, 5) is 0. The van der Waals surface area contributed by atoms with Crippen LogP contribution in [0.15, 0.2) is 24.3 Å². The van der Waals surface area contributed by atoms with Crippen molar-refractivity contribution in [3.63, 3.8) is 0 Å². The summed E-state index contributed by atoms with van der Waals surface area (Å²) in [6.07, 6.45) is 1.14. The number of hydrogen-bond acceptors (Lipinski definition) is 3. The van der Waals surface area contributed by atoms with Crippen molar-refractivity contribution in [3.05, 3.63) is 29.8 Å². The Hall–Kier alpha value is -0.770. The van der Waals surface area contributed by atoms with Crippen LogP contribution in [-0.2, 0) is 0 Å². The molecule has 0 aliphatic rings. The molecule has 0 fully saturated rings. The van der Waals surface area contributed by atoms with Crippen molar-refractivity contribution >= 4 is 12.4 Å². The van der Waals surface area contributed by atoms with Crippen molar-refractivity contribution < 1.29 is 9.84 Å². The SMILES string of the molecule is COc1ccc(C(O)CCCN)cc1.Cl. The predicted molar refractivity (Wildman–Crippen MR) is 63.5 cm³/mol. The predicted octanol–water partition coefficient (Wildman–Crippen LogP) is 1.89. The lowest BCUT2D eigenvalue weighted by atomic mass is 10.1. The molecule has 0 bridgehead atoms. The molecule has 0 spiro atoms. The quantitative estimate of drug-likeness (QED) is 0.814. The Kier molecular flexibility index (Phi) is 7.13. The van der Waals surface area contributed by atoms with Gasteiger partial charge in [0.25, 0.3) is 0 Å². The molecule has 86 valence electrons. The molecule has 0 heterocycles. The zero-order chi connectivity index (χ0) is 10.4. The summed E-state index contributed by atoms with van der Waals surface area (Å²) in [7, 11) is 1.62. The summed E-state index contributed by atoms with van der Waals surface area (Å²) in [6, 6.07) is 7.45. The van der Waals surface area contributed by atoms with Crippen LogP contribution in [0.2, 0.25) is 0 Å². The Morgan fingerprint density at radius 3 is 2.40 bits per heavy atom. The number of aliphatic hydroxyl groups excluding tert-OH is 1. The lowest BCUT2D eigenvalue weighted by Crippen LogP contribution is -2.03. The van der Waals surface area contributed by atoms with E-state index in [9.17, 15) is 5.11 Å². The van der Waals surface area contributed by atoms with E-state index in [0.717, 1.165) is 17.7 Å². The Morgan fingerprint density at radius 1 is 1.33 bits per heavy atom. The largest absolute Gasteiger partial charge is 0.497 e.